The maximum absolute atomic E-state index is 2.74. The summed E-state index contributed by atoms with van der Waals surface area (Å²) in [6.07, 6.45) is 37.3. The average Bonchev–Trinajstić information content (AvgIpc) is 3.98. The number of hydrogen-bond acceptors (Lipinski definition) is 2. The molecule has 8 aromatic rings. The molecule has 406 valence electrons. The van der Waals surface area contributed by atoms with Gasteiger partial charge in [-0.05, 0) is 201 Å². The van der Waals surface area contributed by atoms with Crippen LogP contribution < -0.4 is 0 Å². The standard InChI is InChI=1S/C75H94S2/c1-5-7-9-11-19-29-43-75(44-30-20-12-10-8-6-2)71-55-73(76-45-31-21-15-13-17-23-33-59-39-41-65-51-61-35-25-27-37-63(61)53-67(65)49-59)57(3)47-69(71)70-48-58(4)74(56-72(70)75)77-46-32-22-16-14-18-24-34-60-40-42-66-52-62-36-26-28-38-64(62)54-68(66)50-60/h25-28,35-42,47-56H,5-24,29-34,43-46H2,1-4H3. The van der Waals surface area contributed by atoms with Crippen LogP contribution in [-0.4, -0.2) is 11.5 Å². The van der Waals surface area contributed by atoms with E-state index >= 15 is 0 Å². The van der Waals surface area contributed by atoms with Crippen LogP contribution in [0.1, 0.15) is 214 Å². The molecule has 0 fully saturated rings. The minimum absolute atomic E-state index is 0.120. The van der Waals surface area contributed by atoms with E-state index in [1.807, 2.05) is 0 Å². The number of rotatable bonds is 34. The van der Waals surface area contributed by atoms with E-state index in [0.29, 0.717) is 0 Å². The molecule has 0 spiro atoms. The highest BCUT2D eigenvalue weighted by atomic mass is 32.2. The van der Waals surface area contributed by atoms with Gasteiger partial charge in [-0.1, -0.05) is 239 Å². The monoisotopic (exact) mass is 1060 g/mol. The van der Waals surface area contributed by atoms with E-state index in [0.717, 1.165) is 0 Å². The van der Waals surface area contributed by atoms with Gasteiger partial charge >= 0.3 is 0 Å². The summed E-state index contributed by atoms with van der Waals surface area (Å²) in [7, 11) is 0. The molecule has 0 saturated heterocycles. The third-order valence-corrected chi connectivity index (χ3v) is 20.1. The molecule has 77 heavy (non-hydrogen) atoms. The fourth-order valence-electron chi connectivity index (χ4n) is 13.1. The summed E-state index contributed by atoms with van der Waals surface area (Å²) in [5.74, 6) is 2.45. The number of fused-ring (bicyclic) bond motifs is 7. The SMILES string of the molecule is CCCCCCCCC1(CCCCCCCC)c2cc(SCCCCCCCCc3ccc4cc5ccccc5cc4c3)c(C)cc2-c2cc(C)c(SCCCCCCCCc3ccc4cc5ccccc5cc4c3)cc21. The molecule has 0 unspecified atom stereocenters. The molecular weight excluding hydrogens is 965 g/mol. The summed E-state index contributed by atoms with van der Waals surface area (Å²) in [4.78, 5) is 3.09. The van der Waals surface area contributed by atoms with Crippen molar-refractivity contribution in [3.8, 4) is 11.1 Å². The molecule has 0 radical (unpaired) electrons. The fraction of sp³-hybridized carbons (Fsp3) is 0.467. The summed E-state index contributed by atoms with van der Waals surface area (Å²) in [5, 5.41) is 10.8. The maximum atomic E-state index is 2.74. The lowest BCUT2D eigenvalue weighted by Gasteiger charge is -2.34. The Kier molecular flexibility index (Phi) is 22.0. The first-order chi connectivity index (χ1) is 37.9. The van der Waals surface area contributed by atoms with Gasteiger partial charge in [0.2, 0.25) is 0 Å². The number of unbranched alkanes of at least 4 members (excludes halogenated alkanes) is 20. The third-order valence-electron chi connectivity index (χ3n) is 17.6. The predicted octanol–water partition coefficient (Wildman–Crippen LogP) is 24.0. The Labute approximate surface area is 475 Å². The minimum Gasteiger partial charge on any atom is -0.126 e. The van der Waals surface area contributed by atoms with Crippen LogP contribution in [0.3, 0.4) is 0 Å². The normalized spacial score (nSPS) is 12.9. The van der Waals surface area contributed by atoms with E-state index < -0.39 is 0 Å². The highest BCUT2D eigenvalue weighted by molar-refractivity contribution is 7.99. The zero-order valence-electron chi connectivity index (χ0n) is 48.2. The molecule has 0 N–H and O–H groups in total. The lowest BCUT2D eigenvalue weighted by atomic mass is 9.70. The lowest BCUT2D eigenvalue weighted by molar-refractivity contribution is 0.397. The van der Waals surface area contributed by atoms with E-state index in [4.69, 9.17) is 0 Å². The molecule has 8 aromatic carbocycles. The van der Waals surface area contributed by atoms with Crippen LogP contribution in [0.4, 0.5) is 0 Å². The van der Waals surface area contributed by atoms with Gasteiger partial charge in [0, 0.05) is 15.2 Å². The Hall–Kier alpha value is -4.50. The van der Waals surface area contributed by atoms with Crippen LogP contribution in [-0.2, 0) is 18.3 Å². The van der Waals surface area contributed by atoms with Crippen LogP contribution in [0.2, 0.25) is 0 Å². The fourth-order valence-corrected chi connectivity index (χ4v) is 15.2. The molecule has 1 aliphatic carbocycles. The quantitative estimate of drug-likeness (QED) is 0.0224. The van der Waals surface area contributed by atoms with Crippen LogP contribution >= 0.6 is 23.5 Å². The Morgan fingerprint density at radius 3 is 1.05 bits per heavy atom. The highest BCUT2D eigenvalue weighted by Crippen LogP contribution is 2.57. The van der Waals surface area contributed by atoms with Gasteiger partial charge in [0.1, 0.15) is 0 Å². The molecule has 0 aliphatic heterocycles. The molecule has 0 bridgehead atoms. The van der Waals surface area contributed by atoms with Crippen LogP contribution in [0, 0.1) is 13.8 Å². The second-order valence-corrected chi connectivity index (χ2v) is 25.9. The van der Waals surface area contributed by atoms with E-state index in [-0.39, 0.29) is 5.41 Å². The average molecular weight is 1060 g/mol. The number of thioether (sulfide) groups is 2. The van der Waals surface area contributed by atoms with Crippen molar-refractivity contribution < 1.29 is 0 Å². The Morgan fingerprint density at radius 1 is 0.312 bits per heavy atom. The van der Waals surface area contributed by atoms with Gasteiger partial charge in [-0.3, -0.25) is 0 Å². The van der Waals surface area contributed by atoms with Gasteiger partial charge in [0.25, 0.3) is 0 Å². The first kappa shape index (κ1) is 57.2. The van der Waals surface area contributed by atoms with Crippen molar-refractivity contribution in [2.24, 2.45) is 0 Å². The first-order valence-corrected chi connectivity index (χ1v) is 33.3. The van der Waals surface area contributed by atoms with Crippen molar-refractivity contribution in [2.45, 2.75) is 223 Å². The second-order valence-electron chi connectivity index (χ2n) is 23.6. The Balaban J connectivity index is 0.786. The van der Waals surface area contributed by atoms with Crippen molar-refractivity contribution in [1.82, 2.24) is 0 Å². The summed E-state index contributed by atoms with van der Waals surface area (Å²) >= 11 is 4.32. The van der Waals surface area contributed by atoms with Gasteiger partial charge in [-0.15, -0.1) is 23.5 Å². The largest absolute Gasteiger partial charge is 0.126 e. The highest BCUT2D eigenvalue weighted by Gasteiger charge is 2.43. The predicted molar refractivity (Wildman–Crippen MR) is 345 cm³/mol. The summed E-state index contributed by atoms with van der Waals surface area (Å²) < 4.78 is 0. The van der Waals surface area contributed by atoms with Crippen LogP contribution in [0.25, 0.3) is 54.2 Å². The van der Waals surface area contributed by atoms with Gasteiger partial charge in [0.15, 0.2) is 0 Å². The zero-order chi connectivity index (χ0) is 53.1. The number of hydrogen-bond donors (Lipinski definition) is 0. The summed E-state index contributed by atoms with van der Waals surface area (Å²) in [6, 6.07) is 51.9. The first-order valence-electron chi connectivity index (χ1n) is 31.3. The Morgan fingerprint density at radius 2 is 0.649 bits per heavy atom. The van der Waals surface area contributed by atoms with Gasteiger partial charge in [-0.2, -0.15) is 0 Å². The van der Waals surface area contributed by atoms with E-state index in [2.05, 4.69) is 185 Å². The molecule has 0 heterocycles. The van der Waals surface area contributed by atoms with E-state index in [1.54, 1.807) is 32.0 Å². The second kappa shape index (κ2) is 29.6. The molecule has 0 nitrogen and oxygen atoms in total. The van der Waals surface area contributed by atoms with Crippen molar-refractivity contribution in [3.63, 3.8) is 0 Å². The topological polar surface area (TPSA) is 0 Å². The van der Waals surface area contributed by atoms with Crippen molar-refractivity contribution in [1.29, 1.82) is 0 Å². The Bertz CT molecular complexity index is 2910. The smallest absolute Gasteiger partial charge is 0.0216 e. The van der Waals surface area contributed by atoms with Crippen LogP contribution in [0.5, 0.6) is 0 Å². The third kappa shape index (κ3) is 15.5. The van der Waals surface area contributed by atoms with Crippen molar-refractivity contribution in [3.05, 3.63) is 167 Å². The van der Waals surface area contributed by atoms with E-state index in [9.17, 15) is 0 Å². The maximum Gasteiger partial charge on any atom is 0.0216 e. The molecule has 0 amide bonds. The molecule has 0 atom stereocenters. The number of benzene rings is 8. The summed E-state index contributed by atoms with van der Waals surface area (Å²) in [5.41, 5.74) is 12.5. The van der Waals surface area contributed by atoms with Gasteiger partial charge in [0.05, 0.1) is 0 Å². The van der Waals surface area contributed by atoms with Crippen LogP contribution in [0.15, 0.2) is 143 Å². The van der Waals surface area contributed by atoms with Gasteiger partial charge in [-0.25, -0.2) is 0 Å². The molecule has 2 heteroatoms. The molecule has 0 saturated carbocycles. The summed E-state index contributed by atoms with van der Waals surface area (Å²) in [6.45, 7) is 9.52. The lowest BCUT2D eigenvalue weighted by Crippen LogP contribution is -2.26. The van der Waals surface area contributed by atoms with Crippen molar-refractivity contribution >= 4 is 66.6 Å². The molecular formula is C75H94S2. The molecule has 1 aliphatic rings. The number of aryl methyl sites for hydroxylation is 4. The van der Waals surface area contributed by atoms with Crippen molar-refractivity contribution in [2.75, 3.05) is 11.5 Å². The molecule has 0 aromatic heterocycles. The van der Waals surface area contributed by atoms with Gasteiger partial charge < -0.3 is 0 Å². The minimum atomic E-state index is 0.120. The zero-order valence-corrected chi connectivity index (χ0v) is 49.9. The van der Waals surface area contributed by atoms with E-state index in [1.165, 1.54) is 257 Å². The molecule has 9 rings (SSSR count).